The Morgan fingerprint density at radius 1 is 0.900 bits per heavy atom. The van der Waals surface area contributed by atoms with Gasteiger partial charge in [0.25, 0.3) is 20.2 Å². The lowest BCUT2D eigenvalue weighted by molar-refractivity contribution is 0.337. The van der Waals surface area contributed by atoms with Gasteiger partial charge in [-0.15, -0.1) is 0 Å². The first-order valence-electron chi connectivity index (χ1n) is 5.02. The molecule has 0 heterocycles. The van der Waals surface area contributed by atoms with E-state index in [1.807, 2.05) is 0 Å². The van der Waals surface area contributed by atoms with Crippen LogP contribution in [0.25, 0.3) is 10.8 Å². The zero-order valence-electron chi connectivity index (χ0n) is 9.72. The predicted molar refractivity (Wildman–Crippen MR) is 68.4 cm³/mol. The highest BCUT2D eigenvalue weighted by atomic mass is 32.2. The Balaban J connectivity index is 2.87. The summed E-state index contributed by atoms with van der Waals surface area (Å²) >= 11 is 0. The van der Waals surface area contributed by atoms with Crippen molar-refractivity contribution in [2.24, 2.45) is 5.90 Å². The van der Waals surface area contributed by atoms with E-state index in [-0.39, 0.29) is 11.1 Å². The van der Waals surface area contributed by atoms with Gasteiger partial charge in [0.15, 0.2) is 5.75 Å². The van der Waals surface area contributed by atoms with Crippen molar-refractivity contribution < 1.29 is 30.8 Å². The lowest BCUT2D eigenvalue weighted by Crippen LogP contribution is -2.05. The summed E-state index contributed by atoms with van der Waals surface area (Å²) in [5.74, 6) is 4.94. The van der Waals surface area contributed by atoms with Gasteiger partial charge in [0.05, 0.1) is 9.79 Å². The Morgan fingerprint density at radius 3 is 1.95 bits per heavy atom. The summed E-state index contributed by atoms with van der Waals surface area (Å²) in [5, 5.41) is 0.419. The SMILES string of the molecule is NOc1cc(S(=O)(=O)O)cc2cc(S(=O)(=O)O)ccc12. The van der Waals surface area contributed by atoms with Gasteiger partial charge in [-0.25, -0.2) is 0 Å². The van der Waals surface area contributed by atoms with Gasteiger partial charge in [-0.1, -0.05) is 0 Å². The monoisotopic (exact) mass is 319 g/mol. The van der Waals surface area contributed by atoms with E-state index in [2.05, 4.69) is 4.84 Å². The lowest BCUT2D eigenvalue weighted by Gasteiger charge is -2.08. The molecule has 0 aliphatic carbocycles. The molecule has 0 aromatic heterocycles. The van der Waals surface area contributed by atoms with Gasteiger partial charge in [0, 0.05) is 11.5 Å². The fourth-order valence-corrected chi connectivity index (χ4v) is 2.74. The Bertz CT molecular complexity index is 882. The van der Waals surface area contributed by atoms with Crippen LogP contribution in [-0.4, -0.2) is 25.9 Å². The molecule has 0 aliphatic heterocycles. The normalized spacial score (nSPS) is 12.6. The van der Waals surface area contributed by atoms with E-state index in [0.29, 0.717) is 5.39 Å². The second-order valence-corrected chi connectivity index (χ2v) is 6.72. The van der Waals surface area contributed by atoms with Gasteiger partial charge < -0.3 is 4.84 Å². The third kappa shape index (κ3) is 2.73. The van der Waals surface area contributed by atoms with E-state index in [1.54, 1.807) is 0 Å². The minimum atomic E-state index is -4.52. The topological polar surface area (TPSA) is 144 Å². The molecule has 0 aliphatic rings. The summed E-state index contributed by atoms with van der Waals surface area (Å²) in [6.07, 6.45) is 0. The maximum Gasteiger partial charge on any atom is 0.294 e. The highest BCUT2D eigenvalue weighted by molar-refractivity contribution is 7.86. The standard InChI is InChI=1S/C10H9NO7S2/c11-18-10-5-8(20(15,16)17)4-6-3-7(19(12,13)14)1-2-9(6)10/h1-5H,11H2,(H,12,13,14)(H,15,16,17). The predicted octanol–water partition coefficient (Wildman–Crippen LogP) is 0.586. The summed E-state index contributed by atoms with van der Waals surface area (Å²) in [4.78, 5) is 3.56. The molecule has 0 unspecified atom stereocenters. The highest BCUT2D eigenvalue weighted by Gasteiger charge is 2.17. The summed E-state index contributed by atoms with van der Waals surface area (Å²) in [6, 6.07) is 5.44. The van der Waals surface area contributed by atoms with Crippen molar-refractivity contribution in [3.63, 3.8) is 0 Å². The maximum absolute atomic E-state index is 11.1. The van der Waals surface area contributed by atoms with Gasteiger partial charge in [0.2, 0.25) is 0 Å². The van der Waals surface area contributed by atoms with Gasteiger partial charge in [-0.3, -0.25) is 9.11 Å². The average molecular weight is 319 g/mol. The molecule has 0 spiro atoms. The van der Waals surface area contributed by atoms with Crippen LogP contribution in [0, 0.1) is 0 Å². The van der Waals surface area contributed by atoms with Crippen LogP contribution < -0.4 is 10.7 Å². The van der Waals surface area contributed by atoms with Crippen molar-refractivity contribution in [3.8, 4) is 5.75 Å². The number of rotatable bonds is 3. The van der Waals surface area contributed by atoms with Gasteiger partial charge in [-0.2, -0.15) is 22.7 Å². The minimum absolute atomic E-state index is 0.0722. The van der Waals surface area contributed by atoms with Gasteiger partial charge in [0.1, 0.15) is 0 Å². The first-order chi connectivity index (χ1) is 9.13. The molecule has 0 radical (unpaired) electrons. The van der Waals surface area contributed by atoms with E-state index in [0.717, 1.165) is 24.3 Å². The zero-order chi connectivity index (χ0) is 15.1. The van der Waals surface area contributed by atoms with Crippen LogP contribution in [0.3, 0.4) is 0 Å². The second-order valence-electron chi connectivity index (χ2n) is 3.87. The number of nitrogens with two attached hydrogens (primary N) is 1. The van der Waals surface area contributed by atoms with E-state index >= 15 is 0 Å². The summed E-state index contributed by atoms with van der Waals surface area (Å²) in [5.41, 5.74) is 0. The lowest BCUT2D eigenvalue weighted by atomic mass is 10.1. The van der Waals surface area contributed by atoms with Crippen LogP contribution in [0.2, 0.25) is 0 Å². The quantitative estimate of drug-likeness (QED) is 0.550. The minimum Gasteiger partial charge on any atom is -0.411 e. The van der Waals surface area contributed by atoms with Crippen molar-refractivity contribution in [1.29, 1.82) is 0 Å². The zero-order valence-corrected chi connectivity index (χ0v) is 11.3. The van der Waals surface area contributed by atoms with Crippen LogP contribution in [-0.2, 0) is 20.2 Å². The molecule has 108 valence electrons. The summed E-state index contributed by atoms with van der Waals surface area (Å²) in [6.45, 7) is 0. The average Bonchev–Trinajstić information content (AvgIpc) is 2.34. The Hall–Kier alpha value is -1.72. The molecule has 0 atom stereocenters. The third-order valence-corrected chi connectivity index (χ3v) is 4.26. The molecule has 10 heteroatoms. The number of hydrogen-bond acceptors (Lipinski definition) is 6. The summed E-state index contributed by atoms with van der Waals surface area (Å²) < 4.78 is 62.3. The van der Waals surface area contributed by atoms with Crippen LogP contribution in [0.4, 0.5) is 0 Å². The fraction of sp³-hybridized carbons (Fsp3) is 0. The van der Waals surface area contributed by atoms with Gasteiger partial charge >= 0.3 is 0 Å². The van der Waals surface area contributed by atoms with Crippen LogP contribution in [0.15, 0.2) is 40.1 Å². The van der Waals surface area contributed by atoms with E-state index < -0.39 is 30.0 Å². The largest absolute Gasteiger partial charge is 0.411 e. The van der Waals surface area contributed by atoms with Crippen molar-refractivity contribution in [3.05, 3.63) is 30.3 Å². The van der Waals surface area contributed by atoms with Crippen molar-refractivity contribution >= 4 is 31.0 Å². The molecule has 20 heavy (non-hydrogen) atoms. The Labute approximate surface area is 114 Å². The molecule has 8 nitrogen and oxygen atoms in total. The van der Waals surface area contributed by atoms with E-state index in [4.69, 9.17) is 15.0 Å². The molecule has 2 aromatic rings. The third-order valence-electron chi connectivity index (χ3n) is 2.58. The molecular weight excluding hydrogens is 310 g/mol. The molecule has 4 N–H and O–H groups in total. The van der Waals surface area contributed by atoms with Gasteiger partial charge in [-0.05, 0) is 29.7 Å². The molecule has 0 bridgehead atoms. The van der Waals surface area contributed by atoms with Crippen molar-refractivity contribution in [1.82, 2.24) is 0 Å². The van der Waals surface area contributed by atoms with Crippen molar-refractivity contribution in [2.75, 3.05) is 0 Å². The summed E-state index contributed by atoms with van der Waals surface area (Å²) in [7, 11) is -8.97. The van der Waals surface area contributed by atoms with Crippen molar-refractivity contribution in [2.45, 2.75) is 9.79 Å². The number of benzene rings is 2. The molecule has 0 amide bonds. The number of hydrogen-bond donors (Lipinski definition) is 3. The first-order valence-corrected chi connectivity index (χ1v) is 7.90. The fourth-order valence-electron chi connectivity index (χ4n) is 1.69. The Morgan fingerprint density at radius 2 is 1.45 bits per heavy atom. The maximum atomic E-state index is 11.1. The Kier molecular flexibility index (Phi) is 3.44. The van der Waals surface area contributed by atoms with E-state index in [9.17, 15) is 16.8 Å². The highest BCUT2D eigenvalue weighted by Crippen LogP contribution is 2.30. The smallest absolute Gasteiger partial charge is 0.294 e. The molecule has 2 aromatic carbocycles. The molecule has 0 saturated heterocycles. The first kappa shape index (κ1) is 14.7. The second kappa shape index (κ2) is 4.68. The van der Waals surface area contributed by atoms with Crippen LogP contribution >= 0.6 is 0 Å². The van der Waals surface area contributed by atoms with Crippen LogP contribution in [0.5, 0.6) is 5.75 Å². The molecular formula is C10H9NO7S2. The molecule has 0 saturated carbocycles. The van der Waals surface area contributed by atoms with Crippen LogP contribution in [0.1, 0.15) is 0 Å². The number of fused-ring (bicyclic) bond motifs is 1. The molecule has 0 fully saturated rings. The van der Waals surface area contributed by atoms with E-state index in [1.165, 1.54) is 6.07 Å². The molecule has 2 rings (SSSR count).